The summed E-state index contributed by atoms with van der Waals surface area (Å²) >= 11 is 0. The van der Waals surface area contributed by atoms with Crippen molar-refractivity contribution in [3.8, 4) is 0 Å². The Balaban J connectivity index is 1.48. The molecule has 0 spiro atoms. The number of nitrogens with one attached hydrogen (secondary N) is 2. The van der Waals surface area contributed by atoms with Crippen molar-refractivity contribution < 1.29 is 9.59 Å². The molecule has 1 aliphatic carbocycles. The Hall–Kier alpha value is -2.62. The first-order chi connectivity index (χ1) is 12.1. The highest BCUT2D eigenvalue weighted by Gasteiger charge is 2.21. The maximum atomic E-state index is 12.2. The van der Waals surface area contributed by atoms with E-state index in [2.05, 4.69) is 22.8 Å². The van der Waals surface area contributed by atoms with Crippen molar-refractivity contribution >= 4 is 11.8 Å². The third-order valence-electron chi connectivity index (χ3n) is 4.62. The number of carbonyl (C=O) groups excluding carboxylic acids is 2. The summed E-state index contributed by atoms with van der Waals surface area (Å²) in [4.78, 5) is 24.3. The molecule has 0 radical (unpaired) electrons. The van der Waals surface area contributed by atoms with Crippen molar-refractivity contribution in [2.24, 2.45) is 0 Å². The van der Waals surface area contributed by atoms with Gasteiger partial charge in [-0.2, -0.15) is 0 Å². The van der Waals surface area contributed by atoms with Gasteiger partial charge in [-0.25, -0.2) is 0 Å². The van der Waals surface area contributed by atoms with E-state index in [1.165, 1.54) is 11.1 Å². The molecule has 2 aromatic rings. The van der Waals surface area contributed by atoms with Crippen LogP contribution in [0.15, 0.2) is 48.5 Å². The van der Waals surface area contributed by atoms with E-state index < -0.39 is 0 Å². The average Bonchev–Trinajstić information content (AvgIpc) is 2.62. The molecule has 0 aliphatic heterocycles. The summed E-state index contributed by atoms with van der Waals surface area (Å²) in [6.07, 6.45) is 3.43. The van der Waals surface area contributed by atoms with E-state index >= 15 is 0 Å². The fourth-order valence-corrected chi connectivity index (χ4v) is 3.35. The molecule has 4 heteroatoms. The van der Waals surface area contributed by atoms with Crippen LogP contribution in [0.2, 0.25) is 0 Å². The van der Waals surface area contributed by atoms with Crippen molar-refractivity contribution in [3.63, 3.8) is 0 Å². The fraction of sp³-hybridized carbons (Fsp3) is 0.333. The first-order valence-electron chi connectivity index (χ1n) is 8.85. The Morgan fingerprint density at radius 2 is 1.96 bits per heavy atom. The van der Waals surface area contributed by atoms with Crippen LogP contribution in [0.3, 0.4) is 0 Å². The monoisotopic (exact) mass is 336 g/mol. The van der Waals surface area contributed by atoms with E-state index in [9.17, 15) is 9.59 Å². The van der Waals surface area contributed by atoms with Gasteiger partial charge in [0.15, 0.2) is 0 Å². The Bertz CT molecular complexity index is 770. The minimum atomic E-state index is -0.139. The molecule has 1 atom stereocenters. The van der Waals surface area contributed by atoms with Crippen LogP contribution in [0.25, 0.3) is 0 Å². The van der Waals surface area contributed by atoms with Gasteiger partial charge in [0.2, 0.25) is 5.91 Å². The molecular formula is C21H24N2O2. The molecule has 2 N–H and O–H groups in total. The number of benzene rings is 2. The SMILES string of the molecule is Cc1cccc(C(=O)NCCC(=O)N[C@H]2CCCc3ccccc32)c1. The fourth-order valence-electron chi connectivity index (χ4n) is 3.35. The third kappa shape index (κ3) is 4.47. The Morgan fingerprint density at radius 1 is 1.12 bits per heavy atom. The standard InChI is InChI=1S/C21H24N2O2/c1-15-6-4-9-17(14-15)21(25)22-13-12-20(24)23-19-11-5-8-16-7-2-3-10-18(16)19/h2-4,6-7,9-10,14,19H,5,8,11-13H2,1H3,(H,22,25)(H,23,24)/t19-/m0/s1. The minimum absolute atomic E-state index is 0.0220. The second-order valence-electron chi connectivity index (χ2n) is 6.59. The predicted octanol–water partition coefficient (Wildman–Crippen LogP) is 3.31. The third-order valence-corrected chi connectivity index (χ3v) is 4.62. The Morgan fingerprint density at radius 3 is 2.80 bits per heavy atom. The van der Waals surface area contributed by atoms with Crippen LogP contribution in [0.1, 0.15) is 52.4 Å². The molecule has 2 amide bonds. The molecule has 0 bridgehead atoms. The molecule has 0 saturated carbocycles. The van der Waals surface area contributed by atoms with Crippen LogP contribution in [0.4, 0.5) is 0 Å². The van der Waals surface area contributed by atoms with Crippen molar-refractivity contribution in [1.82, 2.24) is 10.6 Å². The molecule has 0 saturated heterocycles. The molecule has 3 rings (SSSR count). The van der Waals surface area contributed by atoms with Crippen LogP contribution in [-0.4, -0.2) is 18.4 Å². The largest absolute Gasteiger partial charge is 0.352 e. The quantitative estimate of drug-likeness (QED) is 0.880. The minimum Gasteiger partial charge on any atom is -0.352 e. The van der Waals surface area contributed by atoms with Crippen LogP contribution in [-0.2, 0) is 11.2 Å². The normalized spacial score (nSPS) is 16.0. The smallest absolute Gasteiger partial charge is 0.251 e. The number of hydrogen-bond acceptors (Lipinski definition) is 2. The van der Waals surface area contributed by atoms with Gasteiger partial charge in [0, 0.05) is 18.5 Å². The van der Waals surface area contributed by atoms with Gasteiger partial charge in [-0.15, -0.1) is 0 Å². The number of carbonyl (C=O) groups is 2. The maximum Gasteiger partial charge on any atom is 0.251 e. The molecule has 0 fully saturated rings. The molecule has 0 unspecified atom stereocenters. The maximum absolute atomic E-state index is 12.2. The number of hydrogen-bond donors (Lipinski definition) is 2. The number of amides is 2. The second kappa shape index (κ2) is 7.97. The van der Waals surface area contributed by atoms with Gasteiger partial charge in [0.1, 0.15) is 0 Å². The van der Waals surface area contributed by atoms with Crippen molar-refractivity contribution in [1.29, 1.82) is 0 Å². The number of rotatable bonds is 5. The average molecular weight is 336 g/mol. The summed E-state index contributed by atoms with van der Waals surface area (Å²) in [6, 6.07) is 15.8. The topological polar surface area (TPSA) is 58.2 Å². The lowest BCUT2D eigenvalue weighted by Gasteiger charge is -2.26. The van der Waals surface area contributed by atoms with E-state index in [1.807, 2.05) is 37.3 Å². The Kier molecular flexibility index (Phi) is 5.49. The lowest BCUT2D eigenvalue weighted by molar-refractivity contribution is -0.121. The zero-order valence-electron chi connectivity index (χ0n) is 14.5. The summed E-state index contributed by atoms with van der Waals surface area (Å²) in [7, 11) is 0. The molecule has 0 aromatic heterocycles. The molecule has 25 heavy (non-hydrogen) atoms. The zero-order chi connectivity index (χ0) is 17.6. The van der Waals surface area contributed by atoms with Gasteiger partial charge in [-0.3, -0.25) is 9.59 Å². The van der Waals surface area contributed by atoms with E-state index in [4.69, 9.17) is 0 Å². The second-order valence-corrected chi connectivity index (χ2v) is 6.59. The Labute approximate surface area is 148 Å². The van der Waals surface area contributed by atoms with Gasteiger partial charge in [-0.1, -0.05) is 42.0 Å². The van der Waals surface area contributed by atoms with Crippen LogP contribution >= 0.6 is 0 Å². The van der Waals surface area contributed by atoms with Gasteiger partial charge < -0.3 is 10.6 Å². The van der Waals surface area contributed by atoms with E-state index in [-0.39, 0.29) is 24.3 Å². The summed E-state index contributed by atoms with van der Waals surface area (Å²) in [5.74, 6) is -0.161. The predicted molar refractivity (Wildman–Crippen MR) is 98.4 cm³/mol. The van der Waals surface area contributed by atoms with Gasteiger partial charge in [0.05, 0.1) is 6.04 Å². The van der Waals surface area contributed by atoms with Crippen LogP contribution in [0, 0.1) is 6.92 Å². The highest BCUT2D eigenvalue weighted by Crippen LogP contribution is 2.29. The molecule has 0 heterocycles. The van der Waals surface area contributed by atoms with E-state index in [0.29, 0.717) is 12.1 Å². The van der Waals surface area contributed by atoms with Crippen LogP contribution < -0.4 is 10.6 Å². The number of fused-ring (bicyclic) bond motifs is 1. The summed E-state index contributed by atoms with van der Waals surface area (Å²) in [5, 5.41) is 5.92. The molecule has 2 aromatic carbocycles. The highest BCUT2D eigenvalue weighted by molar-refractivity contribution is 5.94. The lowest BCUT2D eigenvalue weighted by atomic mass is 9.88. The van der Waals surface area contributed by atoms with E-state index in [0.717, 1.165) is 24.8 Å². The van der Waals surface area contributed by atoms with Crippen molar-refractivity contribution in [2.45, 2.75) is 38.6 Å². The zero-order valence-corrected chi connectivity index (χ0v) is 14.5. The first-order valence-corrected chi connectivity index (χ1v) is 8.85. The van der Waals surface area contributed by atoms with Crippen molar-refractivity contribution in [2.75, 3.05) is 6.54 Å². The molecule has 130 valence electrons. The van der Waals surface area contributed by atoms with Gasteiger partial charge in [0.25, 0.3) is 5.91 Å². The molecule has 4 nitrogen and oxygen atoms in total. The summed E-state index contributed by atoms with van der Waals surface area (Å²) in [6.45, 7) is 2.29. The van der Waals surface area contributed by atoms with Crippen molar-refractivity contribution in [3.05, 3.63) is 70.8 Å². The molecular weight excluding hydrogens is 312 g/mol. The van der Waals surface area contributed by atoms with Gasteiger partial charge in [-0.05, 0) is 49.4 Å². The molecule has 1 aliphatic rings. The number of aryl methyl sites for hydroxylation is 2. The highest BCUT2D eigenvalue weighted by atomic mass is 16.2. The summed E-state index contributed by atoms with van der Waals surface area (Å²) in [5.41, 5.74) is 4.22. The summed E-state index contributed by atoms with van der Waals surface area (Å²) < 4.78 is 0. The van der Waals surface area contributed by atoms with E-state index in [1.54, 1.807) is 6.07 Å². The lowest BCUT2D eigenvalue weighted by Crippen LogP contribution is -2.34. The van der Waals surface area contributed by atoms with Gasteiger partial charge >= 0.3 is 0 Å². The first kappa shape index (κ1) is 17.2. The van der Waals surface area contributed by atoms with Crippen LogP contribution in [0.5, 0.6) is 0 Å².